The van der Waals surface area contributed by atoms with Gasteiger partial charge in [-0.3, -0.25) is 4.79 Å². The van der Waals surface area contributed by atoms with Gasteiger partial charge in [-0.05, 0) is 39.7 Å². The van der Waals surface area contributed by atoms with Gasteiger partial charge in [-0.2, -0.15) is 0 Å². The highest BCUT2D eigenvalue weighted by Crippen LogP contribution is 2.20. The molecule has 1 N–H and O–H groups in total. The Hall–Kier alpha value is -2.04. The number of rotatable bonds is 9. The summed E-state index contributed by atoms with van der Waals surface area (Å²) in [5.74, 6) is -0.00782. The van der Waals surface area contributed by atoms with Gasteiger partial charge in [0.25, 0.3) is 0 Å². The molecular weight excluding hydrogens is 340 g/mol. The number of amides is 2. The first-order valence-electron chi connectivity index (χ1n) is 9.85. The molecule has 0 aromatic heterocycles. The summed E-state index contributed by atoms with van der Waals surface area (Å²) in [7, 11) is 0. The normalized spacial score (nSPS) is 13.6. The van der Waals surface area contributed by atoms with E-state index in [1.54, 1.807) is 11.8 Å². The molecule has 0 bridgehead atoms. The third-order valence-electron chi connectivity index (χ3n) is 4.34. The minimum atomic E-state index is -0.557. The van der Waals surface area contributed by atoms with Crippen molar-refractivity contribution in [2.45, 2.75) is 84.9 Å². The average molecular weight is 377 g/mol. The molecule has 1 rings (SSSR count). The summed E-state index contributed by atoms with van der Waals surface area (Å²) >= 11 is 0. The average Bonchev–Trinajstić information content (AvgIpc) is 2.53. The Morgan fingerprint density at radius 3 is 2.22 bits per heavy atom. The van der Waals surface area contributed by atoms with Gasteiger partial charge in [0.1, 0.15) is 5.60 Å². The molecule has 1 aromatic rings. The minimum Gasteiger partial charge on any atom is -0.444 e. The Kier molecular flexibility index (Phi) is 8.80. The molecule has 0 saturated heterocycles. The number of hydrogen-bond acceptors (Lipinski definition) is 3. The van der Waals surface area contributed by atoms with Crippen molar-refractivity contribution in [1.29, 1.82) is 0 Å². The molecule has 1 atom stereocenters. The van der Waals surface area contributed by atoms with E-state index in [2.05, 4.69) is 12.2 Å². The summed E-state index contributed by atoms with van der Waals surface area (Å²) in [6, 6.07) is 9.90. The Bertz CT molecular complexity index is 595. The van der Waals surface area contributed by atoms with E-state index < -0.39 is 17.2 Å². The van der Waals surface area contributed by atoms with E-state index in [-0.39, 0.29) is 5.91 Å². The third kappa shape index (κ3) is 9.45. The van der Waals surface area contributed by atoms with E-state index in [1.165, 1.54) is 0 Å². The number of carbonyl (C=O) groups is 2. The van der Waals surface area contributed by atoms with Crippen LogP contribution in [0.3, 0.4) is 0 Å². The summed E-state index contributed by atoms with van der Waals surface area (Å²) in [4.78, 5) is 26.4. The summed E-state index contributed by atoms with van der Waals surface area (Å²) < 4.78 is 5.45. The maximum atomic E-state index is 12.4. The van der Waals surface area contributed by atoms with Crippen LogP contribution >= 0.6 is 0 Å². The van der Waals surface area contributed by atoms with Gasteiger partial charge in [-0.25, -0.2) is 4.79 Å². The molecule has 0 saturated carbocycles. The van der Waals surface area contributed by atoms with Gasteiger partial charge in [0, 0.05) is 20.0 Å². The molecule has 0 spiro atoms. The predicted octanol–water partition coefficient (Wildman–Crippen LogP) is 4.90. The molecular formula is C22H36N2O3. The van der Waals surface area contributed by atoms with E-state index in [0.29, 0.717) is 13.1 Å². The van der Waals surface area contributed by atoms with Crippen molar-refractivity contribution in [3.63, 3.8) is 0 Å². The first kappa shape index (κ1) is 23.0. The van der Waals surface area contributed by atoms with Crippen LogP contribution in [0, 0.1) is 0 Å². The van der Waals surface area contributed by atoms with Crippen LogP contribution in [-0.2, 0) is 16.1 Å². The van der Waals surface area contributed by atoms with E-state index >= 15 is 0 Å². The fraction of sp³-hybridized carbons (Fsp3) is 0.636. The Morgan fingerprint density at radius 2 is 1.70 bits per heavy atom. The van der Waals surface area contributed by atoms with Crippen molar-refractivity contribution in [2.24, 2.45) is 0 Å². The standard InChI is InChI=1S/C22H36N2O3/c1-7-8-12-15-22(6,23-20(26)27-21(3,4)5)17-24(18(2)25)16-19-13-10-9-11-14-19/h9-11,13-14H,7-8,12,15-17H2,1-6H3,(H,23,26). The monoisotopic (exact) mass is 376 g/mol. The van der Waals surface area contributed by atoms with Crippen LogP contribution in [-0.4, -0.2) is 34.6 Å². The molecule has 0 fully saturated rings. The van der Waals surface area contributed by atoms with Gasteiger partial charge in [-0.15, -0.1) is 0 Å². The molecule has 5 nitrogen and oxygen atoms in total. The zero-order valence-corrected chi connectivity index (χ0v) is 17.8. The molecule has 5 heteroatoms. The summed E-state index contributed by atoms with van der Waals surface area (Å²) in [5.41, 5.74) is -0.0303. The van der Waals surface area contributed by atoms with Crippen molar-refractivity contribution in [3.8, 4) is 0 Å². The quantitative estimate of drug-likeness (QED) is 0.624. The number of hydrogen-bond donors (Lipinski definition) is 1. The fourth-order valence-corrected chi connectivity index (χ4v) is 3.00. The van der Waals surface area contributed by atoms with Crippen LogP contribution in [0.25, 0.3) is 0 Å². The number of nitrogens with zero attached hydrogens (tertiary/aromatic N) is 1. The molecule has 27 heavy (non-hydrogen) atoms. The molecule has 1 aromatic carbocycles. The lowest BCUT2D eigenvalue weighted by Crippen LogP contribution is -2.55. The largest absolute Gasteiger partial charge is 0.444 e. The SMILES string of the molecule is CCCCCC(C)(CN(Cc1ccccc1)C(C)=O)NC(=O)OC(C)(C)C. The van der Waals surface area contributed by atoms with Crippen molar-refractivity contribution >= 4 is 12.0 Å². The highest BCUT2D eigenvalue weighted by molar-refractivity contribution is 5.74. The number of alkyl carbamates (subject to hydrolysis) is 1. The number of nitrogens with one attached hydrogen (secondary N) is 1. The summed E-state index contributed by atoms with van der Waals surface area (Å²) in [6.07, 6.45) is 3.52. The molecule has 152 valence electrons. The number of ether oxygens (including phenoxy) is 1. The van der Waals surface area contributed by atoms with Crippen LogP contribution < -0.4 is 5.32 Å². The number of benzene rings is 1. The van der Waals surface area contributed by atoms with Crippen LogP contribution in [0.5, 0.6) is 0 Å². The molecule has 1 unspecified atom stereocenters. The van der Waals surface area contributed by atoms with E-state index in [4.69, 9.17) is 4.74 Å². The van der Waals surface area contributed by atoms with Gasteiger partial charge >= 0.3 is 6.09 Å². The van der Waals surface area contributed by atoms with E-state index in [9.17, 15) is 9.59 Å². The van der Waals surface area contributed by atoms with Gasteiger partial charge in [0.15, 0.2) is 0 Å². The molecule has 0 heterocycles. The summed E-state index contributed by atoms with van der Waals surface area (Å²) in [6.45, 7) is 12.2. The van der Waals surface area contributed by atoms with Crippen molar-refractivity contribution < 1.29 is 14.3 Å². The topological polar surface area (TPSA) is 58.6 Å². The van der Waals surface area contributed by atoms with Crippen LogP contribution in [0.1, 0.15) is 72.8 Å². The second-order valence-corrected chi connectivity index (χ2v) is 8.51. The highest BCUT2D eigenvalue weighted by atomic mass is 16.6. The minimum absolute atomic E-state index is 0.00782. The Morgan fingerprint density at radius 1 is 1.07 bits per heavy atom. The van der Waals surface area contributed by atoms with Gasteiger partial charge in [-0.1, -0.05) is 56.5 Å². The maximum absolute atomic E-state index is 12.4. The lowest BCUT2D eigenvalue weighted by atomic mass is 9.93. The van der Waals surface area contributed by atoms with E-state index in [0.717, 1.165) is 31.2 Å². The fourth-order valence-electron chi connectivity index (χ4n) is 3.00. The van der Waals surface area contributed by atoms with Crippen LogP contribution in [0.4, 0.5) is 4.79 Å². The van der Waals surface area contributed by atoms with Crippen LogP contribution in [0.15, 0.2) is 30.3 Å². The zero-order chi connectivity index (χ0) is 20.5. The van der Waals surface area contributed by atoms with Crippen molar-refractivity contribution in [3.05, 3.63) is 35.9 Å². The molecule has 0 radical (unpaired) electrons. The number of unbranched alkanes of at least 4 members (excludes halogenated alkanes) is 2. The second kappa shape index (κ2) is 10.3. The predicted molar refractivity (Wildman–Crippen MR) is 109 cm³/mol. The lowest BCUT2D eigenvalue weighted by molar-refractivity contribution is -0.130. The maximum Gasteiger partial charge on any atom is 0.408 e. The van der Waals surface area contributed by atoms with E-state index in [1.807, 2.05) is 58.0 Å². The van der Waals surface area contributed by atoms with Gasteiger partial charge in [0.2, 0.25) is 5.91 Å². The van der Waals surface area contributed by atoms with Gasteiger partial charge < -0.3 is 15.0 Å². The zero-order valence-electron chi connectivity index (χ0n) is 17.8. The highest BCUT2D eigenvalue weighted by Gasteiger charge is 2.31. The first-order chi connectivity index (χ1) is 12.5. The number of carbonyl (C=O) groups excluding carboxylic acids is 2. The third-order valence-corrected chi connectivity index (χ3v) is 4.34. The molecule has 0 aliphatic rings. The molecule has 0 aliphatic carbocycles. The molecule has 0 aliphatic heterocycles. The van der Waals surface area contributed by atoms with Crippen LogP contribution in [0.2, 0.25) is 0 Å². The first-order valence-corrected chi connectivity index (χ1v) is 9.85. The van der Waals surface area contributed by atoms with Crippen molar-refractivity contribution in [2.75, 3.05) is 6.54 Å². The summed E-state index contributed by atoms with van der Waals surface area (Å²) in [5, 5.41) is 3.02. The Labute approximate surface area is 164 Å². The second-order valence-electron chi connectivity index (χ2n) is 8.51. The smallest absolute Gasteiger partial charge is 0.408 e. The lowest BCUT2D eigenvalue weighted by Gasteiger charge is -2.37. The van der Waals surface area contributed by atoms with Gasteiger partial charge in [0.05, 0.1) is 5.54 Å². The molecule has 2 amide bonds. The van der Waals surface area contributed by atoms with Crippen molar-refractivity contribution in [1.82, 2.24) is 10.2 Å². The Balaban J connectivity index is 2.91.